The molecule has 1 heterocycles. The summed E-state index contributed by atoms with van der Waals surface area (Å²) in [7, 11) is 0. The van der Waals surface area contributed by atoms with Crippen LogP contribution in [0.15, 0.2) is 81.9 Å². The van der Waals surface area contributed by atoms with Gasteiger partial charge in [0.25, 0.3) is 5.69 Å². The maximum Gasteiger partial charge on any atom is 0.363 e. The number of carbonyl (C=O) groups is 1. The SMILES string of the molecule is Cc1c(C2=N/C(=C\c3ccccc3OCc3ccccc3Br)C(=O)O2)cccc1[N+](=O)[O-]. The van der Waals surface area contributed by atoms with Crippen molar-refractivity contribution < 1.29 is 19.2 Å². The van der Waals surface area contributed by atoms with Crippen molar-refractivity contribution in [2.75, 3.05) is 0 Å². The second-order valence-electron chi connectivity index (χ2n) is 6.96. The van der Waals surface area contributed by atoms with Crippen LogP contribution in [0.3, 0.4) is 0 Å². The third kappa shape index (κ3) is 4.45. The van der Waals surface area contributed by atoms with Crippen LogP contribution in [-0.4, -0.2) is 16.8 Å². The number of cyclic esters (lactones) is 1. The van der Waals surface area contributed by atoms with E-state index in [1.165, 1.54) is 12.1 Å². The predicted octanol–water partition coefficient (Wildman–Crippen LogP) is 5.59. The van der Waals surface area contributed by atoms with Crippen LogP contribution in [0.1, 0.15) is 22.3 Å². The van der Waals surface area contributed by atoms with Gasteiger partial charge < -0.3 is 9.47 Å². The van der Waals surface area contributed by atoms with E-state index in [0.29, 0.717) is 29.0 Å². The van der Waals surface area contributed by atoms with E-state index in [9.17, 15) is 14.9 Å². The molecule has 0 atom stereocenters. The average molecular weight is 493 g/mol. The Morgan fingerprint density at radius 1 is 1.09 bits per heavy atom. The first kappa shape index (κ1) is 21.5. The maximum absolute atomic E-state index is 12.4. The van der Waals surface area contributed by atoms with Crippen molar-refractivity contribution in [3.8, 4) is 5.75 Å². The van der Waals surface area contributed by atoms with Crippen LogP contribution in [0.2, 0.25) is 0 Å². The van der Waals surface area contributed by atoms with Crippen molar-refractivity contribution in [2.24, 2.45) is 4.99 Å². The Hall–Kier alpha value is -3.78. The van der Waals surface area contributed by atoms with Gasteiger partial charge in [0.15, 0.2) is 5.70 Å². The summed E-state index contributed by atoms with van der Waals surface area (Å²) in [5.74, 6) is -0.0145. The van der Waals surface area contributed by atoms with Gasteiger partial charge in [-0.2, -0.15) is 0 Å². The summed E-state index contributed by atoms with van der Waals surface area (Å²) in [6.07, 6.45) is 1.58. The summed E-state index contributed by atoms with van der Waals surface area (Å²) in [6, 6.07) is 19.6. The van der Waals surface area contributed by atoms with Gasteiger partial charge in [-0.05, 0) is 31.2 Å². The van der Waals surface area contributed by atoms with Crippen LogP contribution in [0.5, 0.6) is 5.75 Å². The minimum Gasteiger partial charge on any atom is -0.488 e. The van der Waals surface area contributed by atoms with Crippen molar-refractivity contribution in [2.45, 2.75) is 13.5 Å². The highest BCUT2D eigenvalue weighted by atomic mass is 79.9. The highest BCUT2D eigenvalue weighted by Gasteiger charge is 2.27. The lowest BCUT2D eigenvalue weighted by Crippen LogP contribution is -2.08. The number of benzene rings is 3. The summed E-state index contributed by atoms with van der Waals surface area (Å²) in [6.45, 7) is 1.93. The molecule has 3 aromatic rings. The zero-order chi connectivity index (χ0) is 22.7. The third-order valence-electron chi connectivity index (χ3n) is 4.91. The summed E-state index contributed by atoms with van der Waals surface area (Å²) in [4.78, 5) is 27.5. The number of hydrogen-bond donors (Lipinski definition) is 0. The summed E-state index contributed by atoms with van der Waals surface area (Å²) >= 11 is 3.50. The molecule has 0 aromatic heterocycles. The minimum absolute atomic E-state index is 0.0362. The summed E-state index contributed by atoms with van der Waals surface area (Å²) in [5.41, 5.74) is 2.44. The van der Waals surface area contributed by atoms with E-state index < -0.39 is 10.9 Å². The molecule has 0 unspecified atom stereocenters. The molecule has 1 aliphatic heterocycles. The number of para-hydroxylation sites is 1. The Morgan fingerprint density at radius 2 is 1.84 bits per heavy atom. The number of esters is 1. The molecule has 0 spiro atoms. The molecule has 160 valence electrons. The summed E-state index contributed by atoms with van der Waals surface area (Å²) in [5, 5.41) is 11.2. The van der Waals surface area contributed by atoms with Gasteiger partial charge in [-0.1, -0.05) is 58.4 Å². The zero-order valence-corrected chi connectivity index (χ0v) is 18.5. The maximum atomic E-state index is 12.4. The van der Waals surface area contributed by atoms with Crippen molar-refractivity contribution in [3.63, 3.8) is 0 Å². The number of nitrogens with zero attached hydrogens (tertiary/aromatic N) is 2. The van der Waals surface area contributed by atoms with E-state index in [-0.39, 0.29) is 17.3 Å². The molecule has 0 fully saturated rings. The monoisotopic (exact) mass is 492 g/mol. The lowest BCUT2D eigenvalue weighted by atomic mass is 10.1. The number of rotatable bonds is 6. The number of halogens is 1. The molecule has 0 N–H and O–H groups in total. The van der Waals surface area contributed by atoms with E-state index in [1.54, 1.807) is 25.1 Å². The average Bonchev–Trinajstić information content (AvgIpc) is 3.14. The fraction of sp³-hybridized carbons (Fsp3) is 0.0833. The molecule has 1 aliphatic rings. The Balaban J connectivity index is 1.63. The van der Waals surface area contributed by atoms with E-state index in [1.807, 2.05) is 42.5 Å². The van der Waals surface area contributed by atoms with E-state index >= 15 is 0 Å². The van der Waals surface area contributed by atoms with Crippen LogP contribution in [0.4, 0.5) is 5.69 Å². The van der Waals surface area contributed by atoms with Gasteiger partial charge in [-0.3, -0.25) is 10.1 Å². The molecule has 0 saturated carbocycles. The number of carbonyl (C=O) groups excluding carboxylic acids is 1. The van der Waals surface area contributed by atoms with Crippen molar-refractivity contribution in [1.82, 2.24) is 0 Å². The first-order chi connectivity index (χ1) is 15.4. The van der Waals surface area contributed by atoms with Crippen LogP contribution < -0.4 is 4.74 Å². The Bertz CT molecular complexity index is 1280. The van der Waals surface area contributed by atoms with Gasteiger partial charge in [0, 0.05) is 32.8 Å². The first-order valence-corrected chi connectivity index (χ1v) is 10.5. The standard InChI is InChI=1S/C24H17BrN2O5/c1-15-18(9-6-11-21(15)27(29)30)23-26-20(24(28)32-23)13-16-7-3-5-12-22(16)31-14-17-8-2-4-10-19(17)25/h2-13H,14H2,1H3/b20-13-. The molecule has 0 amide bonds. The first-order valence-electron chi connectivity index (χ1n) is 9.66. The topological polar surface area (TPSA) is 91.0 Å². The van der Waals surface area contributed by atoms with Crippen LogP contribution in [0, 0.1) is 17.0 Å². The Kier molecular flexibility index (Phi) is 6.13. The van der Waals surface area contributed by atoms with Crippen molar-refractivity contribution in [1.29, 1.82) is 0 Å². The van der Waals surface area contributed by atoms with Gasteiger partial charge in [-0.15, -0.1) is 0 Å². The molecular weight excluding hydrogens is 476 g/mol. The molecule has 32 heavy (non-hydrogen) atoms. The normalized spacial score (nSPS) is 14.2. The van der Waals surface area contributed by atoms with E-state index in [4.69, 9.17) is 9.47 Å². The Labute approximate surface area is 192 Å². The van der Waals surface area contributed by atoms with Crippen molar-refractivity contribution >= 4 is 39.6 Å². The number of hydrogen-bond acceptors (Lipinski definition) is 6. The van der Waals surface area contributed by atoms with Crippen molar-refractivity contribution in [3.05, 3.63) is 109 Å². The van der Waals surface area contributed by atoms with Crippen LogP contribution in [0.25, 0.3) is 6.08 Å². The predicted molar refractivity (Wildman–Crippen MR) is 123 cm³/mol. The third-order valence-corrected chi connectivity index (χ3v) is 5.68. The molecule has 7 nitrogen and oxygen atoms in total. The fourth-order valence-corrected chi connectivity index (χ4v) is 3.63. The van der Waals surface area contributed by atoms with Gasteiger partial charge >= 0.3 is 5.97 Å². The fourth-order valence-electron chi connectivity index (χ4n) is 3.23. The number of nitro groups is 1. The molecule has 0 aliphatic carbocycles. The lowest BCUT2D eigenvalue weighted by molar-refractivity contribution is -0.385. The van der Waals surface area contributed by atoms with Gasteiger partial charge in [-0.25, -0.2) is 9.79 Å². The number of nitro benzene ring substituents is 1. The highest BCUT2D eigenvalue weighted by Crippen LogP contribution is 2.28. The minimum atomic E-state index is -0.633. The van der Waals surface area contributed by atoms with Gasteiger partial charge in [0.2, 0.25) is 5.90 Å². The molecule has 0 bridgehead atoms. The largest absolute Gasteiger partial charge is 0.488 e. The number of ether oxygens (including phenoxy) is 2. The second kappa shape index (κ2) is 9.15. The number of aliphatic imine (C=N–C) groups is 1. The van der Waals surface area contributed by atoms with E-state index in [0.717, 1.165) is 10.0 Å². The van der Waals surface area contributed by atoms with Crippen LogP contribution in [-0.2, 0) is 16.1 Å². The molecule has 4 rings (SSSR count). The highest BCUT2D eigenvalue weighted by molar-refractivity contribution is 9.10. The second-order valence-corrected chi connectivity index (χ2v) is 7.82. The van der Waals surface area contributed by atoms with E-state index in [2.05, 4.69) is 20.9 Å². The molecule has 0 saturated heterocycles. The summed E-state index contributed by atoms with van der Waals surface area (Å²) < 4.78 is 12.2. The lowest BCUT2D eigenvalue weighted by Gasteiger charge is -2.10. The molecule has 8 heteroatoms. The molecule has 0 radical (unpaired) electrons. The zero-order valence-electron chi connectivity index (χ0n) is 16.9. The van der Waals surface area contributed by atoms with Crippen LogP contribution >= 0.6 is 15.9 Å². The Morgan fingerprint density at radius 3 is 2.62 bits per heavy atom. The van der Waals surface area contributed by atoms with Gasteiger partial charge in [0.1, 0.15) is 12.4 Å². The molecular formula is C24H17BrN2O5. The molecule has 3 aromatic carbocycles. The van der Waals surface area contributed by atoms with Gasteiger partial charge in [0.05, 0.1) is 4.92 Å². The quantitative estimate of drug-likeness (QED) is 0.193. The smallest absolute Gasteiger partial charge is 0.363 e.